The molecule has 1 aromatic carbocycles. The van der Waals surface area contributed by atoms with E-state index in [0.717, 1.165) is 37.1 Å². The van der Waals surface area contributed by atoms with Crippen LogP contribution in [0.3, 0.4) is 0 Å². The molecule has 2 aromatic heterocycles. The number of nitrogens with zero attached hydrogens (tertiary/aromatic N) is 1. The van der Waals surface area contributed by atoms with Crippen LogP contribution < -0.4 is 10.6 Å². The van der Waals surface area contributed by atoms with E-state index < -0.39 is 0 Å². The molecule has 0 bridgehead atoms. The van der Waals surface area contributed by atoms with Crippen LogP contribution in [0.15, 0.2) is 48.8 Å². The summed E-state index contributed by atoms with van der Waals surface area (Å²) in [5, 5.41) is 7.43. The summed E-state index contributed by atoms with van der Waals surface area (Å²) in [6, 6.07) is 12.0. The Morgan fingerprint density at radius 3 is 3.00 bits per heavy atom. The van der Waals surface area contributed by atoms with Gasteiger partial charge in [0.05, 0.1) is 11.9 Å². The second kappa shape index (κ2) is 7.58. The number of pyridine rings is 1. The SMILES string of the molecule is O=C(Nc1ccc(NCCc2c[nH]c3ccccc23)nc1)C1CCCO1. The molecule has 1 amide bonds. The summed E-state index contributed by atoms with van der Waals surface area (Å²) in [4.78, 5) is 19.7. The van der Waals surface area contributed by atoms with Gasteiger partial charge in [-0.1, -0.05) is 18.2 Å². The van der Waals surface area contributed by atoms with E-state index in [1.807, 2.05) is 18.2 Å². The summed E-state index contributed by atoms with van der Waals surface area (Å²) >= 11 is 0. The van der Waals surface area contributed by atoms with Crippen molar-refractivity contribution in [3.8, 4) is 0 Å². The van der Waals surface area contributed by atoms with Crippen molar-refractivity contribution < 1.29 is 9.53 Å². The number of fused-ring (bicyclic) bond motifs is 1. The van der Waals surface area contributed by atoms with E-state index in [1.54, 1.807) is 6.20 Å². The number of para-hydroxylation sites is 1. The third kappa shape index (κ3) is 3.70. The minimum atomic E-state index is -0.330. The van der Waals surface area contributed by atoms with Crippen LogP contribution in [0, 0.1) is 0 Å². The van der Waals surface area contributed by atoms with E-state index in [9.17, 15) is 4.79 Å². The Morgan fingerprint density at radius 1 is 1.27 bits per heavy atom. The maximum absolute atomic E-state index is 12.0. The maximum Gasteiger partial charge on any atom is 0.253 e. The highest BCUT2D eigenvalue weighted by Gasteiger charge is 2.23. The number of carbonyl (C=O) groups is 1. The average Bonchev–Trinajstić information content (AvgIpc) is 3.34. The molecular weight excluding hydrogens is 328 g/mol. The summed E-state index contributed by atoms with van der Waals surface area (Å²) in [5.41, 5.74) is 3.13. The summed E-state index contributed by atoms with van der Waals surface area (Å²) in [6.45, 7) is 1.45. The zero-order valence-corrected chi connectivity index (χ0v) is 14.5. The quantitative estimate of drug-likeness (QED) is 0.637. The minimum Gasteiger partial charge on any atom is -0.370 e. The van der Waals surface area contributed by atoms with Crippen molar-refractivity contribution in [3.05, 3.63) is 54.4 Å². The van der Waals surface area contributed by atoms with Gasteiger partial charge in [0.2, 0.25) is 0 Å². The van der Waals surface area contributed by atoms with Crippen molar-refractivity contribution in [2.75, 3.05) is 23.8 Å². The highest BCUT2D eigenvalue weighted by atomic mass is 16.5. The third-order valence-electron chi connectivity index (χ3n) is 4.63. The molecule has 6 nitrogen and oxygen atoms in total. The Bertz CT molecular complexity index is 882. The van der Waals surface area contributed by atoms with Crippen LogP contribution in [0.4, 0.5) is 11.5 Å². The molecule has 0 spiro atoms. The number of rotatable bonds is 6. The smallest absolute Gasteiger partial charge is 0.253 e. The molecule has 6 heteroatoms. The van der Waals surface area contributed by atoms with E-state index in [4.69, 9.17) is 4.74 Å². The topological polar surface area (TPSA) is 79.0 Å². The Kier molecular flexibility index (Phi) is 4.84. The standard InChI is InChI=1S/C20H22N4O2/c25-20(18-6-3-11-26-18)24-15-7-8-19(23-13-15)21-10-9-14-12-22-17-5-2-1-4-16(14)17/h1-2,4-5,7-8,12-13,18,22H,3,6,9-11H2,(H,21,23)(H,24,25). The van der Waals surface area contributed by atoms with Crippen LogP contribution in [0.5, 0.6) is 0 Å². The van der Waals surface area contributed by atoms with Crippen LogP contribution in [-0.2, 0) is 16.0 Å². The second-order valence-electron chi connectivity index (χ2n) is 6.46. The molecule has 3 N–H and O–H groups in total. The Morgan fingerprint density at radius 2 is 2.19 bits per heavy atom. The highest BCUT2D eigenvalue weighted by Crippen LogP contribution is 2.19. The predicted molar refractivity (Wildman–Crippen MR) is 102 cm³/mol. The number of aromatic nitrogens is 2. The van der Waals surface area contributed by atoms with Crippen molar-refractivity contribution >= 4 is 28.3 Å². The minimum absolute atomic E-state index is 0.0932. The first-order valence-corrected chi connectivity index (χ1v) is 8.97. The molecule has 0 radical (unpaired) electrons. The van der Waals surface area contributed by atoms with E-state index in [1.165, 1.54) is 10.9 Å². The maximum atomic E-state index is 12.0. The number of benzene rings is 1. The van der Waals surface area contributed by atoms with Crippen molar-refractivity contribution in [1.82, 2.24) is 9.97 Å². The number of hydrogen-bond donors (Lipinski definition) is 3. The average molecular weight is 350 g/mol. The number of nitrogens with one attached hydrogen (secondary N) is 3. The fourth-order valence-electron chi connectivity index (χ4n) is 3.24. The molecule has 4 rings (SSSR count). The second-order valence-corrected chi connectivity index (χ2v) is 6.46. The lowest BCUT2D eigenvalue weighted by Gasteiger charge is -2.11. The first-order valence-electron chi connectivity index (χ1n) is 8.97. The van der Waals surface area contributed by atoms with Gasteiger partial charge in [-0.3, -0.25) is 4.79 Å². The third-order valence-corrected chi connectivity index (χ3v) is 4.63. The molecule has 0 aliphatic carbocycles. The molecule has 1 unspecified atom stereocenters. The zero-order valence-electron chi connectivity index (χ0n) is 14.5. The number of hydrogen-bond acceptors (Lipinski definition) is 4. The van der Waals surface area contributed by atoms with Crippen LogP contribution in [0.1, 0.15) is 18.4 Å². The highest BCUT2D eigenvalue weighted by molar-refractivity contribution is 5.94. The number of aromatic amines is 1. The molecule has 134 valence electrons. The van der Waals surface area contributed by atoms with Crippen LogP contribution >= 0.6 is 0 Å². The number of carbonyl (C=O) groups excluding carboxylic acids is 1. The van der Waals surface area contributed by atoms with Gasteiger partial charge in [0.1, 0.15) is 11.9 Å². The van der Waals surface area contributed by atoms with Crippen LogP contribution in [0.2, 0.25) is 0 Å². The molecule has 1 saturated heterocycles. The van der Waals surface area contributed by atoms with Crippen molar-refractivity contribution in [2.24, 2.45) is 0 Å². The summed E-state index contributed by atoms with van der Waals surface area (Å²) in [6.07, 6.45) is 6.03. The predicted octanol–water partition coefficient (Wildman–Crippen LogP) is 3.34. The normalized spacial score (nSPS) is 16.7. The van der Waals surface area contributed by atoms with Gasteiger partial charge in [0.25, 0.3) is 5.91 Å². The van der Waals surface area contributed by atoms with Gasteiger partial charge in [-0.2, -0.15) is 0 Å². The lowest BCUT2D eigenvalue weighted by Crippen LogP contribution is -2.26. The van der Waals surface area contributed by atoms with Gasteiger partial charge < -0.3 is 20.4 Å². The first-order chi connectivity index (χ1) is 12.8. The number of amides is 1. The molecule has 1 aliphatic heterocycles. The van der Waals surface area contributed by atoms with Crippen molar-refractivity contribution in [3.63, 3.8) is 0 Å². The fourth-order valence-corrected chi connectivity index (χ4v) is 3.24. The Balaban J connectivity index is 1.29. The first kappa shape index (κ1) is 16.6. The van der Waals surface area contributed by atoms with E-state index >= 15 is 0 Å². The van der Waals surface area contributed by atoms with Gasteiger partial charge in [0.15, 0.2) is 0 Å². The van der Waals surface area contributed by atoms with Gasteiger partial charge in [-0.25, -0.2) is 4.98 Å². The fraction of sp³-hybridized carbons (Fsp3) is 0.300. The van der Waals surface area contributed by atoms with Crippen molar-refractivity contribution in [1.29, 1.82) is 0 Å². The van der Waals surface area contributed by atoms with Crippen LogP contribution in [-0.4, -0.2) is 35.1 Å². The van der Waals surface area contributed by atoms with Gasteiger partial charge in [-0.15, -0.1) is 0 Å². The van der Waals surface area contributed by atoms with Gasteiger partial charge in [-0.05, 0) is 43.0 Å². The lowest BCUT2D eigenvalue weighted by molar-refractivity contribution is -0.124. The van der Waals surface area contributed by atoms with E-state index in [2.05, 4.69) is 45.0 Å². The van der Waals surface area contributed by atoms with E-state index in [-0.39, 0.29) is 12.0 Å². The number of anilines is 2. The molecule has 3 heterocycles. The molecule has 1 aliphatic rings. The Labute approximate surface area is 152 Å². The lowest BCUT2D eigenvalue weighted by atomic mass is 10.1. The summed E-state index contributed by atoms with van der Waals surface area (Å²) in [7, 11) is 0. The number of ether oxygens (including phenoxy) is 1. The number of H-pyrrole nitrogens is 1. The molecule has 26 heavy (non-hydrogen) atoms. The molecular formula is C20H22N4O2. The summed E-state index contributed by atoms with van der Waals surface area (Å²) in [5.74, 6) is 0.698. The van der Waals surface area contributed by atoms with Gasteiger partial charge in [0, 0.05) is 30.3 Å². The van der Waals surface area contributed by atoms with Gasteiger partial charge >= 0.3 is 0 Å². The summed E-state index contributed by atoms with van der Waals surface area (Å²) < 4.78 is 5.38. The molecule has 3 aromatic rings. The molecule has 1 fully saturated rings. The van der Waals surface area contributed by atoms with Crippen molar-refractivity contribution in [2.45, 2.75) is 25.4 Å². The molecule has 1 atom stereocenters. The van der Waals surface area contributed by atoms with Crippen LogP contribution in [0.25, 0.3) is 10.9 Å². The largest absolute Gasteiger partial charge is 0.370 e. The Hall–Kier alpha value is -2.86. The zero-order chi connectivity index (χ0) is 17.8. The van der Waals surface area contributed by atoms with E-state index in [0.29, 0.717) is 12.3 Å². The molecule has 0 saturated carbocycles. The monoisotopic (exact) mass is 350 g/mol.